The lowest BCUT2D eigenvalue weighted by atomic mass is 10.5. The van der Waals surface area contributed by atoms with E-state index in [-0.39, 0.29) is 26.0 Å². The Morgan fingerprint density at radius 3 is 3.11 bits per heavy atom. The Hall–Kier alpha value is -1.49. The average Bonchev–Trinajstić information content (AvgIpc) is 2.69. The second-order valence-electron chi connectivity index (χ2n) is 3.28. The number of thiazole rings is 1. The third-order valence-corrected chi connectivity index (χ3v) is 3.12. The molecule has 2 heterocycles. The van der Waals surface area contributed by atoms with Gasteiger partial charge in [-0.15, -0.1) is 11.3 Å². The van der Waals surface area contributed by atoms with Crippen LogP contribution in [0, 0.1) is 10.1 Å². The fourth-order valence-electron chi connectivity index (χ4n) is 1.37. The van der Waals surface area contributed by atoms with Gasteiger partial charge in [-0.3, -0.25) is 5.21 Å². The molecule has 1 aliphatic heterocycles. The summed E-state index contributed by atoms with van der Waals surface area (Å²) in [7, 11) is 0. The van der Waals surface area contributed by atoms with E-state index < -0.39 is 5.03 Å². The number of hydrazone groups is 1. The average molecular weight is 294 g/mol. The van der Waals surface area contributed by atoms with Gasteiger partial charge < -0.3 is 9.64 Å². The Bertz CT molecular complexity index is 480. The van der Waals surface area contributed by atoms with E-state index in [9.17, 15) is 15.3 Å². The van der Waals surface area contributed by atoms with Crippen LogP contribution in [0.5, 0.6) is 0 Å². The van der Waals surface area contributed by atoms with Crippen molar-refractivity contribution in [2.24, 2.45) is 5.10 Å². The molecule has 1 aliphatic rings. The maximum atomic E-state index is 10.4. The zero-order valence-corrected chi connectivity index (χ0v) is 10.5. The summed E-state index contributed by atoms with van der Waals surface area (Å²) in [6.45, 7) is 0.167. The SMILES string of the molecule is O=[N+]([O-])/N=C1\N(O)COCN1Cc1cnc(Cl)s1. The molecule has 0 aromatic carbocycles. The summed E-state index contributed by atoms with van der Waals surface area (Å²) in [5.41, 5.74) is 0. The van der Waals surface area contributed by atoms with Crippen LogP contribution >= 0.6 is 22.9 Å². The normalized spacial score (nSPS) is 18.4. The van der Waals surface area contributed by atoms with Crippen LogP contribution in [0.1, 0.15) is 4.88 Å². The maximum absolute atomic E-state index is 10.4. The van der Waals surface area contributed by atoms with Gasteiger partial charge in [0, 0.05) is 11.1 Å². The van der Waals surface area contributed by atoms with Gasteiger partial charge in [-0.25, -0.2) is 15.1 Å². The third-order valence-electron chi connectivity index (χ3n) is 2.02. The molecule has 9 nitrogen and oxygen atoms in total. The van der Waals surface area contributed by atoms with Crippen LogP contribution in [0.2, 0.25) is 4.47 Å². The van der Waals surface area contributed by atoms with Crippen LogP contribution < -0.4 is 0 Å². The zero-order valence-electron chi connectivity index (χ0n) is 8.89. The van der Waals surface area contributed by atoms with E-state index >= 15 is 0 Å². The molecule has 0 saturated carbocycles. The molecule has 0 bridgehead atoms. The predicted octanol–water partition coefficient (Wildman–Crippen LogP) is 0.783. The third kappa shape index (κ3) is 3.04. The van der Waals surface area contributed by atoms with Gasteiger partial charge in [0.2, 0.25) is 0 Å². The smallest absolute Gasteiger partial charge is 0.302 e. The summed E-state index contributed by atoms with van der Waals surface area (Å²) in [5, 5.41) is 22.7. The Kier molecular flexibility index (Phi) is 3.91. The number of rotatable bonds is 3. The fourth-order valence-corrected chi connectivity index (χ4v) is 2.36. The van der Waals surface area contributed by atoms with E-state index in [1.807, 2.05) is 0 Å². The highest BCUT2D eigenvalue weighted by atomic mass is 35.5. The monoisotopic (exact) mass is 293 g/mol. The summed E-state index contributed by atoms with van der Waals surface area (Å²) < 4.78 is 5.41. The molecule has 0 amide bonds. The van der Waals surface area contributed by atoms with Crippen LogP contribution in [0.3, 0.4) is 0 Å². The lowest BCUT2D eigenvalue weighted by Crippen LogP contribution is -2.49. The van der Waals surface area contributed by atoms with Crippen LogP contribution in [-0.2, 0) is 11.3 Å². The number of hydrogen-bond acceptors (Lipinski definition) is 6. The summed E-state index contributed by atoms with van der Waals surface area (Å²) in [5.74, 6) is -0.184. The number of aromatic nitrogens is 1. The lowest BCUT2D eigenvalue weighted by Gasteiger charge is -2.32. The maximum Gasteiger partial charge on any atom is 0.302 e. The standard InChI is InChI=1S/C7H8ClN5O4S/c8-6-9-1-5(18-6)2-11-3-17-4-12(14)7(11)10-13(15)16/h1,14H,2-4H2/b10-7-. The number of hydroxylamine groups is 2. The highest BCUT2D eigenvalue weighted by Gasteiger charge is 2.27. The van der Waals surface area contributed by atoms with E-state index in [0.29, 0.717) is 9.53 Å². The van der Waals surface area contributed by atoms with Crippen molar-refractivity contribution in [3.05, 3.63) is 25.7 Å². The molecule has 1 aromatic rings. The summed E-state index contributed by atoms with van der Waals surface area (Å²) in [6.07, 6.45) is 1.55. The molecule has 0 unspecified atom stereocenters. The van der Waals surface area contributed by atoms with E-state index in [2.05, 4.69) is 10.1 Å². The minimum Gasteiger partial charge on any atom is -0.338 e. The Labute approximate surface area is 110 Å². The molecule has 0 radical (unpaired) electrons. The molecule has 1 aromatic heterocycles. The minimum absolute atomic E-state index is 0.0826. The van der Waals surface area contributed by atoms with E-state index in [4.69, 9.17) is 16.3 Å². The quantitative estimate of drug-likeness (QED) is 0.648. The topological polar surface area (TPSA) is 104 Å². The number of halogens is 1. The van der Waals surface area contributed by atoms with Crippen LogP contribution in [-0.4, -0.2) is 44.6 Å². The van der Waals surface area contributed by atoms with Crippen molar-refractivity contribution in [1.82, 2.24) is 14.9 Å². The van der Waals surface area contributed by atoms with Crippen molar-refractivity contribution in [3.8, 4) is 0 Å². The van der Waals surface area contributed by atoms with E-state index in [1.165, 1.54) is 16.2 Å². The van der Waals surface area contributed by atoms with Crippen molar-refractivity contribution >= 4 is 28.9 Å². The molecule has 1 N–H and O–H groups in total. The van der Waals surface area contributed by atoms with Gasteiger partial charge in [-0.2, -0.15) is 5.06 Å². The van der Waals surface area contributed by atoms with Crippen molar-refractivity contribution < 1.29 is 15.0 Å². The Morgan fingerprint density at radius 2 is 2.50 bits per heavy atom. The molecule has 2 rings (SSSR count). The van der Waals surface area contributed by atoms with Crippen LogP contribution in [0.15, 0.2) is 11.3 Å². The number of nitrogens with zero attached hydrogens (tertiary/aromatic N) is 5. The van der Waals surface area contributed by atoms with Crippen molar-refractivity contribution in [2.75, 3.05) is 13.5 Å². The Morgan fingerprint density at radius 1 is 1.72 bits per heavy atom. The van der Waals surface area contributed by atoms with Crippen molar-refractivity contribution in [2.45, 2.75) is 6.54 Å². The summed E-state index contributed by atoms with van der Waals surface area (Å²) in [6, 6.07) is 0. The highest BCUT2D eigenvalue weighted by Crippen LogP contribution is 2.20. The molecule has 0 spiro atoms. The molecular formula is C7H8ClN5O4S. The molecular weight excluding hydrogens is 286 g/mol. The van der Waals surface area contributed by atoms with Gasteiger partial charge in [0.25, 0.3) is 0 Å². The summed E-state index contributed by atoms with van der Waals surface area (Å²) in [4.78, 5) is 16.4. The van der Waals surface area contributed by atoms with E-state index in [0.717, 1.165) is 4.88 Å². The second kappa shape index (κ2) is 5.44. The first kappa shape index (κ1) is 13.0. The minimum atomic E-state index is -0.878. The molecule has 11 heteroatoms. The second-order valence-corrected chi connectivity index (χ2v) is 4.97. The number of nitro groups is 1. The van der Waals surface area contributed by atoms with Gasteiger partial charge in [0.1, 0.15) is 18.6 Å². The molecule has 1 saturated heterocycles. The molecule has 0 atom stereocenters. The molecule has 1 fully saturated rings. The zero-order chi connectivity index (χ0) is 13.1. The van der Waals surface area contributed by atoms with Crippen molar-refractivity contribution in [1.29, 1.82) is 0 Å². The van der Waals surface area contributed by atoms with Gasteiger partial charge in [0.05, 0.1) is 6.54 Å². The van der Waals surface area contributed by atoms with Gasteiger partial charge in [-0.1, -0.05) is 11.6 Å². The lowest BCUT2D eigenvalue weighted by molar-refractivity contribution is -0.487. The number of ether oxygens (including phenoxy) is 1. The molecule has 98 valence electrons. The fraction of sp³-hybridized carbons (Fsp3) is 0.429. The highest BCUT2D eigenvalue weighted by molar-refractivity contribution is 7.15. The number of hydrogen-bond donors (Lipinski definition) is 1. The number of guanidine groups is 1. The first-order chi connectivity index (χ1) is 8.56. The van der Waals surface area contributed by atoms with Gasteiger partial charge in [0.15, 0.2) is 9.50 Å². The van der Waals surface area contributed by atoms with Gasteiger partial charge >= 0.3 is 5.96 Å². The van der Waals surface area contributed by atoms with E-state index in [1.54, 1.807) is 6.20 Å². The molecule has 0 aliphatic carbocycles. The van der Waals surface area contributed by atoms with Crippen LogP contribution in [0.25, 0.3) is 0 Å². The van der Waals surface area contributed by atoms with Gasteiger partial charge in [-0.05, 0) is 0 Å². The molecule has 18 heavy (non-hydrogen) atoms. The first-order valence-corrected chi connectivity index (χ1v) is 5.88. The van der Waals surface area contributed by atoms with Crippen LogP contribution in [0.4, 0.5) is 0 Å². The Balaban J connectivity index is 2.15. The predicted molar refractivity (Wildman–Crippen MR) is 61.5 cm³/mol. The summed E-state index contributed by atoms with van der Waals surface area (Å²) >= 11 is 6.92. The van der Waals surface area contributed by atoms with Crippen molar-refractivity contribution in [3.63, 3.8) is 0 Å². The first-order valence-electron chi connectivity index (χ1n) is 4.68. The largest absolute Gasteiger partial charge is 0.338 e.